The van der Waals surface area contributed by atoms with Crippen LogP contribution in [0.1, 0.15) is 33.3 Å². The predicted octanol–water partition coefficient (Wildman–Crippen LogP) is 2.65. The Balaban J connectivity index is 0.000000261. The molecule has 158 valence electrons. The maximum absolute atomic E-state index is 12.1. The van der Waals surface area contributed by atoms with Crippen molar-refractivity contribution in [3.63, 3.8) is 0 Å². The van der Waals surface area contributed by atoms with Crippen LogP contribution in [0.4, 0.5) is 4.79 Å². The third kappa shape index (κ3) is 6.47. The topological polar surface area (TPSA) is 48.1 Å². The van der Waals surface area contributed by atoms with E-state index in [0.29, 0.717) is 30.8 Å². The number of ether oxygens (including phenoxy) is 1. The highest BCUT2D eigenvalue weighted by Gasteiger charge is 2.30. The van der Waals surface area contributed by atoms with Crippen molar-refractivity contribution >= 4 is 6.09 Å². The van der Waals surface area contributed by atoms with E-state index in [9.17, 15) is 4.79 Å². The van der Waals surface area contributed by atoms with Gasteiger partial charge in [-0.15, -0.1) is 0 Å². The lowest BCUT2D eigenvalue weighted by molar-refractivity contribution is 0.0379. The number of likely N-dealkylation sites (N-methyl/N-ethyl adjacent to an activating group) is 2. The fraction of sp³-hybridized carbons (Fsp3) is 0.682. The van der Waals surface area contributed by atoms with Crippen molar-refractivity contribution in [3.05, 3.63) is 35.9 Å². The van der Waals surface area contributed by atoms with E-state index in [-0.39, 0.29) is 6.09 Å². The molecule has 1 aromatic rings. The van der Waals surface area contributed by atoms with Crippen molar-refractivity contribution < 1.29 is 9.53 Å². The van der Waals surface area contributed by atoms with Gasteiger partial charge in [-0.3, -0.25) is 9.80 Å². The van der Waals surface area contributed by atoms with Gasteiger partial charge in [-0.2, -0.15) is 0 Å². The number of hydrogen-bond donors (Lipinski definition) is 1. The molecule has 1 aromatic carbocycles. The Morgan fingerprint density at radius 2 is 1.43 bits per heavy atom. The van der Waals surface area contributed by atoms with Crippen LogP contribution in [-0.4, -0.2) is 85.2 Å². The molecule has 0 aromatic heterocycles. The summed E-state index contributed by atoms with van der Waals surface area (Å²) in [7, 11) is 4.29. The number of carbonyl (C=O) groups is 1. The lowest BCUT2D eigenvalue weighted by atomic mass is 10.1. The van der Waals surface area contributed by atoms with Crippen molar-refractivity contribution in [2.24, 2.45) is 0 Å². The normalized spacial score (nSPS) is 29.0. The number of benzene rings is 1. The number of piperazine rings is 2. The first kappa shape index (κ1) is 22.7. The predicted molar refractivity (Wildman–Crippen MR) is 114 cm³/mol. The summed E-state index contributed by atoms with van der Waals surface area (Å²) in [6, 6.07) is 11.9. The van der Waals surface area contributed by atoms with Crippen LogP contribution >= 0.6 is 0 Å². The molecule has 0 spiro atoms. The Kier molecular flexibility index (Phi) is 8.73. The van der Waals surface area contributed by atoms with E-state index in [4.69, 9.17) is 4.74 Å². The van der Waals surface area contributed by atoms with E-state index in [0.717, 1.165) is 31.7 Å². The molecule has 3 rings (SSSR count). The van der Waals surface area contributed by atoms with E-state index in [1.165, 1.54) is 0 Å². The number of rotatable bonds is 2. The second-order valence-corrected chi connectivity index (χ2v) is 8.33. The van der Waals surface area contributed by atoms with Crippen molar-refractivity contribution in [2.45, 2.75) is 58.5 Å². The molecule has 4 atom stereocenters. The van der Waals surface area contributed by atoms with Gasteiger partial charge >= 0.3 is 6.09 Å². The van der Waals surface area contributed by atoms with E-state index in [2.05, 4.69) is 56.9 Å². The summed E-state index contributed by atoms with van der Waals surface area (Å²) in [5.74, 6) is 0. The molecule has 4 unspecified atom stereocenters. The lowest BCUT2D eigenvalue weighted by Gasteiger charge is -2.41. The molecular formula is C22H38N4O2. The van der Waals surface area contributed by atoms with Gasteiger partial charge in [0.15, 0.2) is 0 Å². The Hall–Kier alpha value is -1.63. The zero-order valence-electron chi connectivity index (χ0n) is 18.4. The van der Waals surface area contributed by atoms with Crippen LogP contribution in [0.3, 0.4) is 0 Å². The Labute approximate surface area is 170 Å². The fourth-order valence-electron chi connectivity index (χ4n) is 3.59. The standard InChI is InChI=1S/C15H22N2O2.C7H16N2/c1-12-9-17(10-13(2)16(12)3)15(18)19-11-14-7-5-4-6-8-14;1-6-4-8-5-7(2)9(6)3/h4-8,12-13H,9-11H2,1-3H3;6-8H,4-5H2,1-3H3. The molecule has 2 saturated heterocycles. The van der Waals surface area contributed by atoms with Crippen LogP contribution in [0.2, 0.25) is 0 Å². The number of amides is 1. The number of nitrogens with zero attached hydrogens (tertiary/aromatic N) is 3. The summed E-state index contributed by atoms with van der Waals surface area (Å²) in [5, 5.41) is 3.37. The van der Waals surface area contributed by atoms with Crippen LogP contribution in [0, 0.1) is 0 Å². The molecule has 2 aliphatic heterocycles. The minimum Gasteiger partial charge on any atom is -0.445 e. The van der Waals surface area contributed by atoms with Gasteiger partial charge < -0.3 is 15.0 Å². The SMILES string of the molecule is CC1CN(C(=O)OCc2ccccc2)CC(C)N1C.CC1CNCC(C)N1C. The third-order valence-corrected chi connectivity index (χ3v) is 6.09. The van der Waals surface area contributed by atoms with Gasteiger partial charge in [0.1, 0.15) is 6.61 Å². The first-order chi connectivity index (χ1) is 13.3. The number of hydrogen-bond acceptors (Lipinski definition) is 5. The minimum atomic E-state index is -0.212. The van der Waals surface area contributed by atoms with Gasteiger partial charge in [-0.05, 0) is 47.4 Å². The van der Waals surface area contributed by atoms with Crippen molar-refractivity contribution in [1.82, 2.24) is 20.0 Å². The molecule has 2 aliphatic rings. The van der Waals surface area contributed by atoms with Crippen LogP contribution in [-0.2, 0) is 11.3 Å². The Morgan fingerprint density at radius 1 is 0.929 bits per heavy atom. The average molecular weight is 391 g/mol. The molecule has 2 fully saturated rings. The molecule has 6 heteroatoms. The highest BCUT2D eigenvalue weighted by molar-refractivity contribution is 5.68. The number of nitrogens with one attached hydrogen (secondary N) is 1. The molecule has 1 amide bonds. The zero-order valence-corrected chi connectivity index (χ0v) is 18.4. The van der Waals surface area contributed by atoms with Gasteiger partial charge in [0.05, 0.1) is 0 Å². The third-order valence-electron chi connectivity index (χ3n) is 6.09. The Morgan fingerprint density at radius 3 is 1.93 bits per heavy atom. The van der Waals surface area contributed by atoms with Gasteiger partial charge in [0, 0.05) is 50.3 Å². The summed E-state index contributed by atoms with van der Waals surface area (Å²) in [5.41, 5.74) is 1.02. The lowest BCUT2D eigenvalue weighted by Crippen LogP contribution is -2.56. The zero-order chi connectivity index (χ0) is 20.7. The average Bonchev–Trinajstić information content (AvgIpc) is 2.69. The minimum absolute atomic E-state index is 0.212. The maximum Gasteiger partial charge on any atom is 0.410 e. The highest BCUT2D eigenvalue weighted by atomic mass is 16.6. The summed E-state index contributed by atoms with van der Waals surface area (Å²) in [6.45, 7) is 12.9. The molecule has 0 saturated carbocycles. The molecule has 6 nitrogen and oxygen atoms in total. The van der Waals surface area contributed by atoms with E-state index < -0.39 is 0 Å². The van der Waals surface area contributed by atoms with Crippen LogP contribution in [0.15, 0.2) is 30.3 Å². The van der Waals surface area contributed by atoms with E-state index in [1.54, 1.807) is 4.90 Å². The summed E-state index contributed by atoms with van der Waals surface area (Å²) in [6.07, 6.45) is -0.212. The fourth-order valence-corrected chi connectivity index (χ4v) is 3.59. The first-order valence-electron chi connectivity index (χ1n) is 10.4. The van der Waals surface area contributed by atoms with Gasteiger partial charge in [-0.25, -0.2) is 4.79 Å². The molecule has 0 radical (unpaired) electrons. The van der Waals surface area contributed by atoms with Crippen LogP contribution in [0.25, 0.3) is 0 Å². The molecule has 28 heavy (non-hydrogen) atoms. The molecule has 0 bridgehead atoms. The van der Waals surface area contributed by atoms with Crippen molar-refractivity contribution in [1.29, 1.82) is 0 Å². The van der Waals surface area contributed by atoms with E-state index in [1.807, 2.05) is 30.3 Å². The number of carbonyl (C=O) groups excluding carboxylic acids is 1. The van der Waals surface area contributed by atoms with Crippen LogP contribution < -0.4 is 5.32 Å². The van der Waals surface area contributed by atoms with Gasteiger partial charge in [-0.1, -0.05) is 30.3 Å². The smallest absolute Gasteiger partial charge is 0.410 e. The summed E-state index contributed by atoms with van der Waals surface area (Å²) < 4.78 is 5.37. The van der Waals surface area contributed by atoms with Crippen molar-refractivity contribution in [2.75, 3.05) is 40.3 Å². The maximum atomic E-state index is 12.1. The molecular weight excluding hydrogens is 352 g/mol. The Bertz CT molecular complexity index is 575. The largest absolute Gasteiger partial charge is 0.445 e. The second-order valence-electron chi connectivity index (χ2n) is 8.33. The highest BCUT2D eigenvalue weighted by Crippen LogP contribution is 2.14. The summed E-state index contributed by atoms with van der Waals surface area (Å²) >= 11 is 0. The first-order valence-corrected chi connectivity index (χ1v) is 10.4. The van der Waals surface area contributed by atoms with Gasteiger partial charge in [0.2, 0.25) is 0 Å². The van der Waals surface area contributed by atoms with Crippen LogP contribution in [0.5, 0.6) is 0 Å². The molecule has 2 heterocycles. The second kappa shape index (κ2) is 10.8. The van der Waals surface area contributed by atoms with E-state index >= 15 is 0 Å². The molecule has 0 aliphatic carbocycles. The molecule has 1 N–H and O–H groups in total. The summed E-state index contributed by atoms with van der Waals surface area (Å²) in [4.78, 5) is 18.6. The quantitative estimate of drug-likeness (QED) is 0.841. The van der Waals surface area contributed by atoms with Crippen molar-refractivity contribution in [3.8, 4) is 0 Å². The monoisotopic (exact) mass is 390 g/mol. The van der Waals surface area contributed by atoms with Gasteiger partial charge in [0.25, 0.3) is 0 Å².